The number of hydrogen-bond acceptors (Lipinski definition) is 2. The number of allylic oxidation sites excluding steroid dienone is 2. The third-order valence-electron chi connectivity index (χ3n) is 4.68. The van der Waals surface area contributed by atoms with Gasteiger partial charge >= 0.3 is 6.18 Å². The largest absolute Gasteiger partial charge is 0.435 e. The molecule has 0 radical (unpaired) electrons. The highest BCUT2D eigenvalue weighted by Gasteiger charge is 2.36. The van der Waals surface area contributed by atoms with E-state index in [-0.39, 0.29) is 17.7 Å². The minimum absolute atomic E-state index is 0.0197. The van der Waals surface area contributed by atoms with Crippen molar-refractivity contribution in [1.82, 2.24) is 15.1 Å². The first-order chi connectivity index (χ1) is 10.9. The summed E-state index contributed by atoms with van der Waals surface area (Å²) in [6, 6.07) is 1.07. The van der Waals surface area contributed by atoms with Crippen molar-refractivity contribution in [1.29, 1.82) is 0 Å². The van der Waals surface area contributed by atoms with E-state index >= 15 is 0 Å². The Kier molecular flexibility index (Phi) is 4.46. The molecule has 126 valence electrons. The van der Waals surface area contributed by atoms with Gasteiger partial charge < -0.3 is 4.90 Å². The van der Waals surface area contributed by atoms with Gasteiger partial charge in [-0.1, -0.05) is 12.2 Å². The van der Waals surface area contributed by atoms with Crippen LogP contribution < -0.4 is 0 Å². The molecule has 2 atom stereocenters. The predicted molar refractivity (Wildman–Crippen MR) is 78.6 cm³/mol. The molecule has 0 bridgehead atoms. The molecular formula is C16H20F3N3O. The average molecular weight is 327 g/mol. The van der Waals surface area contributed by atoms with Crippen molar-refractivity contribution in [3.8, 4) is 0 Å². The Morgan fingerprint density at radius 3 is 2.78 bits per heavy atom. The fourth-order valence-electron chi connectivity index (χ4n) is 3.40. The quantitative estimate of drug-likeness (QED) is 0.845. The van der Waals surface area contributed by atoms with Crippen molar-refractivity contribution in [2.24, 2.45) is 5.92 Å². The number of nitrogens with zero attached hydrogens (tertiary/aromatic N) is 2. The number of amides is 1. The number of rotatable bonds is 2. The Balaban J connectivity index is 1.67. The number of carbonyl (C=O) groups is 1. The summed E-state index contributed by atoms with van der Waals surface area (Å²) in [5.41, 5.74) is -0.424. The Morgan fingerprint density at radius 2 is 2.13 bits per heavy atom. The van der Waals surface area contributed by atoms with Crippen molar-refractivity contribution in [2.75, 3.05) is 13.1 Å². The van der Waals surface area contributed by atoms with Gasteiger partial charge in [0, 0.05) is 30.6 Å². The van der Waals surface area contributed by atoms with Crippen LogP contribution in [0.5, 0.6) is 0 Å². The first-order valence-corrected chi connectivity index (χ1v) is 8.01. The molecule has 1 aliphatic heterocycles. The summed E-state index contributed by atoms with van der Waals surface area (Å²) in [4.78, 5) is 14.4. The third-order valence-corrected chi connectivity index (χ3v) is 4.68. The summed E-state index contributed by atoms with van der Waals surface area (Å²) in [6.45, 7) is 1.16. The number of nitrogens with one attached hydrogen (secondary N) is 1. The van der Waals surface area contributed by atoms with Crippen molar-refractivity contribution in [2.45, 2.75) is 44.2 Å². The Morgan fingerprint density at radius 1 is 1.30 bits per heavy atom. The molecule has 23 heavy (non-hydrogen) atoms. The van der Waals surface area contributed by atoms with E-state index in [1.807, 2.05) is 11.0 Å². The van der Waals surface area contributed by atoms with Crippen LogP contribution >= 0.6 is 0 Å². The first kappa shape index (κ1) is 16.1. The summed E-state index contributed by atoms with van der Waals surface area (Å²) >= 11 is 0. The van der Waals surface area contributed by atoms with Crippen LogP contribution in [0.4, 0.5) is 13.2 Å². The van der Waals surface area contributed by atoms with Crippen LogP contribution in [0.25, 0.3) is 0 Å². The number of piperidine rings is 1. The number of likely N-dealkylation sites (tertiary alicyclic amines) is 1. The van der Waals surface area contributed by atoms with Crippen LogP contribution in [-0.2, 0) is 11.0 Å². The van der Waals surface area contributed by atoms with Gasteiger partial charge in [0.15, 0.2) is 5.69 Å². The lowest BCUT2D eigenvalue weighted by atomic mass is 9.90. The maximum absolute atomic E-state index is 12.7. The number of halogens is 3. The molecule has 1 fully saturated rings. The molecule has 2 heterocycles. The van der Waals surface area contributed by atoms with E-state index in [1.165, 1.54) is 0 Å². The summed E-state index contributed by atoms with van der Waals surface area (Å²) in [5.74, 6) is 0.0521. The highest BCUT2D eigenvalue weighted by atomic mass is 19.4. The zero-order valence-corrected chi connectivity index (χ0v) is 12.8. The van der Waals surface area contributed by atoms with Crippen molar-refractivity contribution in [3.05, 3.63) is 29.6 Å². The number of alkyl halides is 3. The van der Waals surface area contributed by atoms with Crippen molar-refractivity contribution in [3.63, 3.8) is 0 Å². The second-order valence-electron chi connectivity index (χ2n) is 6.31. The number of hydrogen-bond donors (Lipinski definition) is 1. The lowest BCUT2D eigenvalue weighted by molar-refractivity contribution is -0.141. The van der Waals surface area contributed by atoms with Crippen LogP contribution in [0.3, 0.4) is 0 Å². The van der Waals surface area contributed by atoms with Gasteiger partial charge in [-0.2, -0.15) is 18.3 Å². The Bertz CT molecular complexity index is 594. The molecule has 0 saturated carbocycles. The number of H-pyrrole nitrogens is 1. The summed E-state index contributed by atoms with van der Waals surface area (Å²) in [7, 11) is 0. The fourth-order valence-corrected chi connectivity index (χ4v) is 3.40. The van der Waals surface area contributed by atoms with Crippen LogP contribution in [-0.4, -0.2) is 34.1 Å². The molecule has 1 amide bonds. The number of aromatic amines is 1. The molecule has 0 unspecified atom stereocenters. The number of aromatic nitrogens is 2. The lowest BCUT2D eigenvalue weighted by Crippen LogP contribution is -2.42. The molecule has 0 spiro atoms. The smallest absolute Gasteiger partial charge is 0.342 e. The highest BCUT2D eigenvalue weighted by molar-refractivity contribution is 5.79. The van der Waals surface area contributed by atoms with E-state index in [9.17, 15) is 18.0 Å². The minimum atomic E-state index is -4.44. The van der Waals surface area contributed by atoms with Gasteiger partial charge in [-0.15, -0.1) is 0 Å². The Labute approximate surface area is 132 Å². The monoisotopic (exact) mass is 327 g/mol. The molecule has 7 heteroatoms. The maximum atomic E-state index is 12.7. The second-order valence-corrected chi connectivity index (χ2v) is 6.31. The number of carbonyl (C=O) groups excluding carboxylic acids is 1. The van der Waals surface area contributed by atoms with E-state index in [2.05, 4.69) is 16.3 Å². The van der Waals surface area contributed by atoms with E-state index in [0.29, 0.717) is 18.8 Å². The van der Waals surface area contributed by atoms with Crippen LogP contribution in [0, 0.1) is 5.92 Å². The van der Waals surface area contributed by atoms with E-state index in [1.54, 1.807) is 0 Å². The van der Waals surface area contributed by atoms with Gasteiger partial charge in [-0.05, 0) is 38.2 Å². The van der Waals surface area contributed by atoms with Crippen molar-refractivity contribution >= 4 is 5.91 Å². The van der Waals surface area contributed by atoms with Gasteiger partial charge in [-0.3, -0.25) is 9.89 Å². The van der Waals surface area contributed by atoms with Gasteiger partial charge in [0.2, 0.25) is 5.91 Å². The van der Waals surface area contributed by atoms with Crippen molar-refractivity contribution < 1.29 is 18.0 Å². The second kappa shape index (κ2) is 6.37. The Hall–Kier alpha value is -1.79. The zero-order chi connectivity index (χ0) is 16.4. The lowest BCUT2D eigenvalue weighted by Gasteiger charge is -2.35. The zero-order valence-electron chi connectivity index (χ0n) is 12.8. The average Bonchev–Trinajstić information content (AvgIpc) is 3.05. The summed E-state index contributed by atoms with van der Waals surface area (Å²) in [5, 5.41) is 5.86. The summed E-state index contributed by atoms with van der Waals surface area (Å²) in [6.07, 6.45) is 3.81. The molecule has 1 aliphatic carbocycles. The normalized spacial score (nSPS) is 25.6. The standard InChI is InChI=1S/C16H20F3N3O/c17-16(18,19)14-9-13(20-21-14)12-7-4-8-22(10-12)15(23)11-5-2-1-3-6-11/h1-2,9,11-12H,3-8,10H2,(H,20,21)/t11-,12+/m0/s1. The SMILES string of the molecule is O=C([C@H]1CC=CCC1)N1CCC[C@@H](c2cc(C(F)(F)F)n[nH]2)C1. The fraction of sp³-hybridized carbons (Fsp3) is 0.625. The molecule has 4 nitrogen and oxygen atoms in total. The van der Waals surface area contributed by atoms with E-state index in [4.69, 9.17) is 0 Å². The molecule has 1 N–H and O–H groups in total. The molecule has 0 aromatic carbocycles. The van der Waals surface area contributed by atoms with Gasteiger partial charge in [0.25, 0.3) is 0 Å². The molecular weight excluding hydrogens is 307 g/mol. The molecule has 2 aliphatic rings. The molecule has 3 rings (SSSR count). The summed E-state index contributed by atoms with van der Waals surface area (Å²) < 4.78 is 38.0. The van der Waals surface area contributed by atoms with E-state index < -0.39 is 11.9 Å². The predicted octanol–water partition coefficient (Wildman–Crippen LogP) is 3.49. The van der Waals surface area contributed by atoms with Crippen LogP contribution in [0.15, 0.2) is 18.2 Å². The van der Waals surface area contributed by atoms with Crippen LogP contribution in [0.2, 0.25) is 0 Å². The molecule has 1 aromatic heterocycles. The molecule has 1 aromatic rings. The topological polar surface area (TPSA) is 49.0 Å². The van der Waals surface area contributed by atoms with Gasteiger partial charge in [0.05, 0.1) is 0 Å². The minimum Gasteiger partial charge on any atom is -0.342 e. The van der Waals surface area contributed by atoms with Gasteiger partial charge in [-0.25, -0.2) is 0 Å². The highest BCUT2D eigenvalue weighted by Crippen LogP contribution is 2.33. The maximum Gasteiger partial charge on any atom is 0.435 e. The first-order valence-electron chi connectivity index (χ1n) is 8.01. The molecule has 1 saturated heterocycles. The third kappa shape index (κ3) is 3.59. The van der Waals surface area contributed by atoms with Gasteiger partial charge in [0.1, 0.15) is 0 Å². The van der Waals surface area contributed by atoms with E-state index in [0.717, 1.165) is 38.2 Å². The van der Waals surface area contributed by atoms with Crippen LogP contribution in [0.1, 0.15) is 49.4 Å².